The molecule has 1 rings (SSSR count). The highest BCUT2D eigenvalue weighted by Gasteiger charge is 2.18. The van der Waals surface area contributed by atoms with Gasteiger partial charge in [-0.05, 0) is 45.5 Å². The molecule has 0 bridgehead atoms. The molecule has 4 heteroatoms. The van der Waals surface area contributed by atoms with E-state index in [4.69, 9.17) is 4.74 Å². The molecule has 0 aliphatic rings. The van der Waals surface area contributed by atoms with Gasteiger partial charge in [-0.2, -0.15) is 0 Å². The third-order valence-electron chi connectivity index (χ3n) is 2.81. The number of likely N-dealkylation sites (N-methyl/N-ethyl adjacent to an activating group) is 1. The highest BCUT2D eigenvalue weighted by molar-refractivity contribution is 5.39. The Morgan fingerprint density at radius 2 is 1.95 bits per heavy atom. The minimum Gasteiger partial charge on any atom is -0.508 e. The fourth-order valence-corrected chi connectivity index (χ4v) is 2.01. The molecule has 0 aliphatic carbocycles. The summed E-state index contributed by atoms with van der Waals surface area (Å²) in [5.41, 5.74) is 0.0698. The Morgan fingerprint density at radius 3 is 2.47 bits per heavy atom. The van der Waals surface area contributed by atoms with E-state index >= 15 is 0 Å². The summed E-state index contributed by atoms with van der Waals surface area (Å²) in [5, 5.41) is 19.8. The molecule has 1 aromatic carbocycles. The maximum atomic E-state index is 9.90. The normalized spacial score (nSPS) is 11.9. The van der Waals surface area contributed by atoms with Crippen LogP contribution < -0.4 is 4.74 Å². The molecule has 108 valence electrons. The number of aromatic hydroxyl groups is 1. The van der Waals surface area contributed by atoms with Crippen molar-refractivity contribution < 1.29 is 14.9 Å². The van der Waals surface area contributed by atoms with Crippen LogP contribution in [-0.2, 0) is 6.54 Å². The van der Waals surface area contributed by atoms with Gasteiger partial charge in [-0.1, -0.05) is 6.92 Å². The number of rotatable bonds is 7. The van der Waals surface area contributed by atoms with Gasteiger partial charge in [-0.25, -0.2) is 0 Å². The quantitative estimate of drug-likeness (QED) is 0.796. The highest BCUT2D eigenvalue weighted by Crippen LogP contribution is 2.25. The van der Waals surface area contributed by atoms with Crippen LogP contribution in [0.4, 0.5) is 0 Å². The smallest absolute Gasteiger partial charge is 0.120 e. The Balaban J connectivity index is 2.81. The Labute approximate surface area is 115 Å². The van der Waals surface area contributed by atoms with Crippen LogP contribution in [-0.4, -0.2) is 40.4 Å². The van der Waals surface area contributed by atoms with Crippen molar-refractivity contribution in [3.05, 3.63) is 23.8 Å². The Kier molecular flexibility index (Phi) is 5.63. The monoisotopic (exact) mass is 267 g/mol. The zero-order valence-corrected chi connectivity index (χ0v) is 12.3. The number of nitrogens with zero attached hydrogens (tertiary/aromatic N) is 1. The van der Waals surface area contributed by atoms with E-state index in [-0.39, 0.29) is 5.75 Å². The molecular formula is C15H25NO3. The van der Waals surface area contributed by atoms with Crippen LogP contribution >= 0.6 is 0 Å². The Bertz CT molecular complexity index is 399. The van der Waals surface area contributed by atoms with Gasteiger partial charge in [0.1, 0.15) is 11.5 Å². The van der Waals surface area contributed by atoms with Crippen molar-refractivity contribution in [2.24, 2.45) is 0 Å². The minimum atomic E-state index is -0.747. The van der Waals surface area contributed by atoms with Crippen LogP contribution in [0.15, 0.2) is 18.2 Å². The number of phenols is 1. The lowest BCUT2D eigenvalue weighted by atomic mass is 10.1. The summed E-state index contributed by atoms with van der Waals surface area (Å²) in [6.07, 6.45) is 0. The van der Waals surface area contributed by atoms with Crippen molar-refractivity contribution in [1.82, 2.24) is 4.90 Å². The summed E-state index contributed by atoms with van der Waals surface area (Å²) in [6.45, 7) is 10.1. The van der Waals surface area contributed by atoms with Crippen molar-refractivity contribution in [2.75, 3.05) is 19.7 Å². The maximum absolute atomic E-state index is 9.90. The van der Waals surface area contributed by atoms with E-state index in [1.54, 1.807) is 26.0 Å². The van der Waals surface area contributed by atoms with Gasteiger partial charge in [-0.15, -0.1) is 0 Å². The molecule has 0 spiro atoms. The summed E-state index contributed by atoms with van der Waals surface area (Å²) in [4.78, 5) is 2.09. The maximum Gasteiger partial charge on any atom is 0.120 e. The van der Waals surface area contributed by atoms with Crippen LogP contribution in [0.5, 0.6) is 11.5 Å². The third-order valence-corrected chi connectivity index (χ3v) is 2.81. The number of ether oxygens (including phenoxy) is 1. The molecule has 0 fully saturated rings. The van der Waals surface area contributed by atoms with Crippen LogP contribution in [0, 0.1) is 0 Å². The average molecular weight is 267 g/mol. The molecular weight excluding hydrogens is 242 g/mol. The molecule has 0 amide bonds. The van der Waals surface area contributed by atoms with E-state index in [9.17, 15) is 10.2 Å². The number of benzene rings is 1. The molecule has 0 radical (unpaired) electrons. The van der Waals surface area contributed by atoms with E-state index in [0.29, 0.717) is 19.7 Å². The van der Waals surface area contributed by atoms with E-state index in [1.165, 1.54) is 0 Å². The topological polar surface area (TPSA) is 52.9 Å². The van der Waals surface area contributed by atoms with E-state index in [1.807, 2.05) is 19.9 Å². The minimum absolute atomic E-state index is 0.262. The number of phenolic OH excluding ortho intramolecular Hbond substituents is 1. The average Bonchev–Trinajstić information content (AvgIpc) is 2.31. The Morgan fingerprint density at radius 1 is 1.26 bits per heavy atom. The fraction of sp³-hybridized carbons (Fsp3) is 0.600. The molecule has 1 aromatic rings. The van der Waals surface area contributed by atoms with Crippen molar-refractivity contribution in [2.45, 2.75) is 39.8 Å². The zero-order valence-electron chi connectivity index (χ0n) is 12.3. The molecule has 2 N–H and O–H groups in total. The van der Waals surface area contributed by atoms with Gasteiger partial charge in [0, 0.05) is 18.7 Å². The van der Waals surface area contributed by atoms with Crippen LogP contribution in [0.3, 0.4) is 0 Å². The van der Waals surface area contributed by atoms with E-state index in [2.05, 4.69) is 4.90 Å². The third kappa shape index (κ3) is 5.49. The molecule has 0 atom stereocenters. The predicted octanol–water partition coefficient (Wildman–Crippen LogP) is 2.38. The van der Waals surface area contributed by atoms with Gasteiger partial charge in [0.05, 0.1) is 12.2 Å². The van der Waals surface area contributed by atoms with Gasteiger partial charge in [0.15, 0.2) is 0 Å². The highest BCUT2D eigenvalue weighted by atomic mass is 16.5. The Hall–Kier alpha value is -1.26. The van der Waals surface area contributed by atoms with Gasteiger partial charge < -0.3 is 14.9 Å². The van der Waals surface area contributed by atoms with Crippen LogP contribution in [0.2, 0.25) is 0 Å². The first-order valence-electron chi connectivity index (χ1n) is 6.75. The number of aliphatic hydroxyl groups is 1. The van der Waals surface area contributed by atoms with Crippen molar-refractivity contribution in [3.8, 4) is 11.5 Å². The molecule has 0 aliphatic heterocycles. The second kappa shape index (κ2) is 6.78. The first-order valence-corrected chi connectivity index (χ1v) is 6.75. The molecule has 0 aromatic heterocycles. The lowest BCUT2D eigenvalue weighted by Crippen LogP contribution is -2.38. The van der Waals surface area contributed by atoms with Gasteiger partial charge in [-0.3, -0.25) is 4.90 Å². The van der Waals surface area contributed by atoms with E-state index < -0.39 is 5.60 Å². The van der Waals surface area contributed by atoms with E-state index in [0.717, 1.165) is 17.9 Å². The molecule has 0 unspecified atom stereocenters. The second-order valence-corrected chi connectivity index (χ2v) is 5.34. The number of hydrogen-bond donors (Lipinski definition) is 2. The predicted molar refractivity (Wildman–Crippen MR) is 76.5 cm³/mol. The molecule has 0 heterocycles. The van der Waals surface area contributed by atoms with Crippen molar-refractivity contribution >= 4 is 0 Å². The molecule has 0 saturated carbocycles. The molecule has 0 saturated heterocycles. The summed E-state index contributed by atoms with van der Waals surface area (Å²) in [7, 11) is 0. The van der Waals surface area contributed by atoms with Crippen LogP contribution in [0.25, 0.3) is 0 Å². The first kappa shape index (κ1) is 15.8. The standard InChI is InChI=1S/C15H25NO3/c1-5-16(11-15(3,4)18)10-12-9-13(19-6-2)7-8-14(12)17/h7-9,17-18H,5-6,10-11H2,1-4H3. The lowest BCUT2D eigenvalue weighted by Gasteiger charge is -2.28. The zero-order chi connectivity index (χ0) is 14.5. The number of hydrogen-bond acceptors (Lipinski definition) is 4. The van der Waals surface area contributed by atoms with Gasteiger partial charge in [0.25, 0.3) is 0 Å². The molecule has 4 nitrogen and oxygen atoms in total. The summed E-state index contributed by atoms with van der Waals surface area (Å²) in [5.74, 6) is 1.02. The van der Waals surface area contributed by atoms with Crippen LogP contribution in [0.1, 0.15) is 33.3 Å². The SMILES string of the molecule is CCOc1ccc(O)c(CN(CC)CC(C)(C)O)c1. The summed E-state index contributed by atoms with van der Waals surface area (Å²) < 4.78 is 5.44. The largest absolute Gasteiger partial charge is 0.508 e. The fourth-order valence-electron chi connectivity index (χ4n) is 2.01. The molecule has 19 heavy (non-hydrogen) atoms. The summed E-state index contributed by atoms with van der Waals surface area (Å²) >= 11 is 0. The van der Waals surface area contributed by atoms with Gasteiger partial charge in [0.2, 0.25) is 0 Å². The van der Waals surface area contributed by atoms with Crippen molar-refractivity contribution in [3.63, 3.8) is 0 Å². The second-order valence-electron chi connectivity index (χ2n) is 5.34. The first-order chi connectivity index (χ1) is 8.85. The van der Waals surface area contributed by atoms with Crippen molar-refractivity contribution in [1.29, 1.82) is 0 Å². The van der Waals surface area contributed by atoms with Gasteiger partial charge >= 0.3 is 0 Å². The lowest BCUT2D eigenvalue weighted by molar-refractivity contribution is 0.0351. The summed E-state index contributed by atoms with van der Waals surface area (Å²) in [6, 6.07) is 5.26.